The minimum absolute atomic E-state index is 0.197. The first-order chi connectivity index (χ1) is 9.70. The predicted octanol–water partition coefficient (Wildman–Crippen LogP) is 2.97. The Kier molecular flexibility index (Phi) is 2.86. The highest BCUT2D eigenvalue weighted by Gasteiger charge is 2.49. The van der Waals surface area contributed by atoms with Crippen molar-refractivity contribution in [1.82, 2.24) is 9.97 Å². The highest BCUT2D eigenvalue weighted by molar-refractivity contribution is 5.67. The number of H-pyrrole nitrogens is 1. The average molecular weight is 274 g/mol. The number of nitrogens with one attached hydrogen (secondary N) is 1. The molecule has 0 unspecified atom stereocenters. The number of hydrogen-bond donors (Lipinski definition) is 2. The lowest BCUT2D eigenvalue weighted by Crippen LogP contribution is -2.44. The number of rotatable bonds is 4. The predicted molar refractivity (Wildman–Crippen MR) is 74.3 cm³/mol. The molecule has 0 saturated heterocycles. The van der Waals surface area contributed by atoms with Crippen LogP contribution in [0.5, 0.6) is 0 Å². The summed E-state index contributed by atoms with van der Waals surface area (Å²) in [6.07, 6.45) is 9.53. The van der Waals surface area contributed by atoms with Gasteiger partial charge in [-0.15, -0.1) is 0 Å². The first-order valence-electron chi connectivity index (χ1n) is 7.94. The number of imidazole rings is 1. The van der Waals surface area contributed by atoms with Gasteiger partial charge in [-0.2, -0.15) is 0 Å². The third kappa shape index (κ3) is 1.97. The Bertz CT molecular complexity index is 494. The average Bonchev–Trinajstić information content (AvgIpc) is 2.83. The lowest BCUT2D eigenvalue weighted by molar-refractivity contribution is -0.136. The highest BCUT2D eigenvalue weighted by atomic mass is 16.4. The molecule has 4 aliphatic carbocycles. The zero-order valence-corrected chi connectivity index (χ0v) is 11.7. The molecule has 0 radical (unpaired) electrons. The van der Waals surface area contributed by atoms with Crippen molar-refractivity contribution in [2.75, 3.05) is 0 Å². The van der Waals surface area contributed by atoms with Crippen molar-refractivity contribution in [2.45, 2.75) is 50.9 Å². The van der Waals surface area contributed by atoms with Gasteiger partial charge in [0, 0.05) is 11.6 Å². The van der Waals surface area contributed by atoms with Crippen molar-refractivity contribution >= 4 is 5.97 Å². The van der Waals surface area contributed by atoms with Crippen LogP contribution in [0.15, 0.2) is 6.33 Å². The van der Waals surface area contributed by atoms with Crippen LogP contribution in [0.4, 0.5) is 0 Å². The van der Waals surface area contributed by atoms with Crippen molar-refractivity contribution in [3.8, 4) is 0 Å². The van der Waals surface area contributed by atoms with E-state index in [0.717, 1.165) is 29.4 Å². The zero-order chi connectivity index (χ0) is 13.7. The number of aryl methyl sites for hydroxylation is 1. The fraction of sp³-hybridized carbons (Fsp3) is 0.750. The second kappa shape index (κ2) is 4.61. The molecule has 1 aromatic rings. The number of nitrogens with zero attached hydrogens (tertiary/aromatic N) is 1. The first kappa shape index (κ1) is 12.4. The van der Waals surface area contributed by atoms with Gasteiger partial charge in [0.2, 0.25) is 0 Å². The van der Waals surface area contributed by atoms with E-state index in [1.165, 1.54) is 37.8 Å². The fourth-order valence-electron chi connectivity index (χ4n) is 5.42. The summed E-state index contributed by atoms with van der Waals surface area (Å²) in [6.45, 7) is 0. The third-order valence-electron chi connectivity index (χ3n) is 5.88. The lowest BCUT2D eigenvalue weighted by Gasteiger charge is -2.54. The van der Waals surface area contributed by atoms with Gasteiger partial charge in [-0.1, -0.05) is 0 Å². The number of aliphatic carboxylic acids is 1. The molecule has 4 aliphatic rings. The maximum absolute atomic E-state index is 10.8. The maximum atomic E-state index is 10.8. The van der Waals surface area contributed by atoms with E-state index in [2.05, 4.69) is 9.97 Å². The zero-order valence-electron chi connectivity index (χ0n) is 11.7. The molecular weight excluding hydrogens is 252 g/mol. The summed E-state index contributed by atoms with van der Waals surface area (Å²) in [5, 5.41) is 8.88. The Labute approximate surface area is 119 Å². The maximum Gasteiger partial charge on any atom is 0.303 e. The summed E-state index contributed by atoms with van der Waals surface area (Å²) < 4.78 is 0. The summed E-state index contributed by atoms with van der Waals surface area (Å²) in [5.74, 6) is 3.41. The third-order valence-corrected chi connectivity index (χ3v) is 5.88. The molecule has 0 atom stereocenters. The molecule has 1 aromatic heterocycles. The molecule has 4 bridgehead atoms. The Morgan fingerprint density at radius 1 is 1.20 bits per heavy atom. The molecule has 1 heterocycles. The van der Waals surface area contributed by atoms with Crippen molar-refractivity contribution in [3.63, 3.8) is 0 Å². The molecule has 4 nitrogen and oxygen atoms in total. The molecule has 4 fully saturated rings. The number of carboxylic acids is 1. The second-order valence-corrected chi connectivity index (χ2v) is 7.12. The Balaban J connectivity index is 1.58. The largest absolute Gasteiger partial charge is 0.481 e. The summed E-state index contributed by atoms with van der Waals surface area (Å²) in [4.78, 5) is 18.6. The van der Waals surface area contributed by atoms with Gasteiger partial charge in [-0.3, -0.25) is 4.79 Å². The fourth-order valence-corrected chi connectivity index (χ4v) is 5.42. The van der Waals surface area contributed by atoms with Gasteiger partial charge >= 0.3 is 5.97 Å². The molecule has 4 heteroatoms. The van der Waals surface area contributed by atoms with Gasteiger partial charge in [-0.25, -0.2) is 4.98 Å². The minimum Gasteiger partial charge on any atom is -0.481 e. The van der Waals surface area contributed by atoms with E-state index in [4.69, 9.17) is 5.11 Å². The monoisotopic (exact) mass is 274 g/mol. The second-order valence-electron chi connectivity index (χ2n) is 7.12. The standard InChI is InChI=1S/C16H22N2O2/c19-14(20)2-1-13-16(18-8-17-13)15-11-4-9-3-10(6-11)7-12(15)5-9/h8-12,15H,1-7H2,(H,17,18)(H,19,20). The number of hydrogen-bond acceptors (Lipinski definition) is 2. The van der Waals surface area contributed by atoms with Crippen LogP contribution in [0.1, 0.15) is 55.8 Å². The van der Waals surface area contributed by atoms with E-state index in [9.17, 15) is 4.79 Å². The van der Waals surface area contributed by atoms with Crippen LogP contribution < -0.4 is 0 Å². The summed E-state index contributed by atoms with van der Waals surface area (Å²) >= 11 is 0. The smallest absolute Gasteiger partial charge is 0.303 e. The van der Waals surface area contributed by atoms with E-state index in [1.54, 1.807) is 6.33 Å². The van der Waals surface area contributed by atoms with Crippen LogP contribution in [-0.4, -0.2) is 21.0 Å². The normalized spacial score (nSPS) is 38.3. The van der Waals surface area contributed by atoms with Gasteiger partial charge in [0.25, 0.3) is 0 Å². The van der Waals surface area contributed by atoms with Crippen LogP contribution >= 0.6 is 0 Å². The van der Waals surface area contributed by atoms with Gasteiger partial charge in [0.1, 0.15) is 0 Å². The minimum atomic E-state index is -0.726. The number of aromatic nitrogens is 2. The number of carboxylic acid groups (broad SMARTS) is 1. The Morgan fingerprint density at radius 2 is 1.85 bits per heavy atom. The molecule has 108 valence electrons. The molecule has 0 aliphatic heterocycles. The topological polar surface area (TPSA) is 66.0 Å². The lowest BCUT2D eigenvalue weighted by atomic mass is 9.51. The van der Waals surface area contributed by atoms with Gasteiger partial charge in [0.05, 0.1) is 18.4 Å². The number of aromatic amines is 1. The summed E-state index contributed by atoms with van der Waals surface area (Å²) in [7, 11) is 0. The molecular formula is C16H22N2O2. The van der Waals surface area contributed by atoms with E-state index in [1.807, 2.05) is 0 Å². The molecule has 20 heavy (non-hydrogen) atoms. The van der Waals surface area contributed by atoms with Crippen molar-refractivity contribution < 1.29 is 9.90 Å². The molecule has 5 rings (SSSR count). The summed E-state index contributed by atoms with van der Waals surface area (Å²) in [6, 6.07) is 0. The van der Waals surface area contributed by atoms with Crippen LogP contribution in [0.3, 0.4) is 0 Å². The SMILES string of the molecule is O=C(O)CCc1[nH]cnc1C1C2CC3CC(C2)CC1C3. The van der Waals surface area contributed by atoms with Gasteiger partial charge in [-0.05, 0) is 62.2 Å². The van der Waals surface area contributed by atoms with Crippen molar-refractivity contribution in [3.05, 3.63) is 17.7 Å². The quantitative estimate of drug-likeness (QED) is 0.887. The van der Waals surface area contributed by atoms with Crippen molar-refractivity contribution in [2.24, 2.45) is 23.7 Å². The molecule has 4 saturated carbocycles. The molecule has 0 spiro atoms. The highest BCUT2D eigenvalue weighted by Crippen LogP contribution is 2.59. The van der Waals surface area contributed by atoms with Crippen LogP contribution in [0, 0.1) is 23.7 Å². The van der Waals surface area contributed by atoms with Gasteiger partial charge < -0.3 is 10.1 Å². The number of carbonyl (C=O) groups is 1. The molecule has 2 N–H and O–H groups in total. The van der Waals surface area contributed by atoms with E-state index >= 15 is 0 Å². The van der Waals surface area contributed by atoms with Crippen molar-refractivity contribution in [1.29, 1.82) is 0 Å². The molecule has 0 amide bonds. The van der Waals surface area contributed by atoms with Gasteiger partial charge in [0.15, 0.2) is 0 Å². The van der Waals surface area contributed by atoms with E-state index < -0.39 is 5.97 Å². The Hall–Kier alpha value is -1.32. The van der Waals surface area contributed by atoms with E-state index in [-0.39, 0.29) is 6.42 Å². The Morgan fingerprint density at radius 3 is 2.45 bits per heavy atom. The first-order valence-corrected chi connectivity index (χ1v) is 7.94. The van der Waals surface area contributed by atoms with Crippen LogP contribution in [0.25, 0.3) is 0 Å². The van der Waals surface area contributed by atoms with E-state index in [0.29, 0.717) is 12.3 Å². The molecule has 0 aromatic carbocycles. The summed E-state index contributed by atoms with van der Waals surface area (Å²) in [5.41, 5.74) is 2.27. The van der Waals surface area contributed by atoms with Crippen LogP contribution in [-0.2, 0) is 11.2 Å². The van der Waals surface area contributed by atoms with Crippen LogP contribution in [0.2, 0.25) is 0 Å².